The molecule has 2 rings (SSSR count). The van der Waals surface area contributed by atoms with Crippen molar-refractivity contribution >= 4 is 5.78 Å². The van der Waals surface area contributed by atoms with E-state index in [4.69, 9.17) is 5.73 Å². The highest BCUT2D eigenvalue weighted by molar-refractivity contribution is 6.00. The van der Waals surface area contributed by atoms with E-state index >= 15 is 0 Å². The maximum atomic E-state index is 12.1. The molecule has 0 fully saturated rings. The molecular formula is C17H19NO2. The van der Waals surface area contributed by atoms with E-state index in [1.165, 1.54) is 0 Å². The van der Waals surface area contributed by atoms with Crippen molar-refractivity contribution in [1.29, 1.82) is 0 Å². The van der Waals surface area contributed by atoms with Crippen LogP contribution >= 0.6 is 0 Å². The molecule has 3 N–H and O–H groups in total. The number of rotatable bonds is 6. The van der Waals surface area contributed by atoms with Gasteiger partial charge in [-0.15, -0.1) is 0 Å². The summed E-state index contributed by atoms with van der Waals surface area (Å²) in [6, 6.07) is 17.8. The van der Waals surface area contributed by atoms with Crippen LogP contribution in [0.3, 0.4) is 0 Å². The minimum absolute atomic E-state index is 0.217. The molecule has 2 aromatic rings. The first-order valence-corrected chi connectivity index (χ1v) is 6.75. The highest BCUT2D eigenvalue weighted by Gasteiger charge is 2.23. The predicted octanol–water partition coefficient (Wildman–Crippen LogP) is 2.19. The molecule has 0 amide bonds. The molecule has 0 aliphatic heterocycles. The van der Waals surface area contributed by atoms with Crippen LogP contribution in [0.15, 0.2) is 60.7 Å². The molecule has 0 heterocycles. The van der Waals surface area contributed by atoms with Gasteiger partial charge in [-0.25, -0.2) is 0 Å². The van der Waals surface area contributed by atoms with Gasteiger partial charge in [0.15, 0.2) is 5.78 Å². The molecule has 0 bridgehead atoms. The monoisotopic (exact) mass is 269 g/mol. The summed E-state index contributed by atoms with van der Waals surface area (Å²) in [5.74, 6) is -0.217. The lowest BCUT2D eigenvalue weighted by molar-refractivity contribution is 0.0802. The molecule has 3 heteroatoms. The number of aryl methyl sites for hydroxylation is 1. The lowest BCUT2D eigenvalue weighted by atomic mass is 9.96. The molecule has 0 aromatic heterocycles. The van der Waals surface area contributed by atoms with Gasteiger partial charge in [-0.3, -0.25) is 4.79 Å². The lowest BCUT2D eigenvalue weighted by Gasteiger charge is -2.17. The van der Waals surface area contributed by atoms with Crippen molar-refractivity contribution in [3.63, 3.8) is 0 Å². The number of carbonyl (C=O) groups excluding carboxylic acids is 1. The van der Waals surface area contributed by atoms with Crippen molar-refractivity contribution in [2.45, 2.75) is 25.0 Å². The molecule has 2 atom stereocenters. The number of ketones is 1. The molecule has 2 aromatic carbocycles. The molecule has 0 aliphatic carbocycles. The minimum atomic E-state index is -0.874. The molecule has 3 nitrogen and oxygen atoms in total. The van der Waals surface area contributed by atoms with Crippen molar-refractivity contribution < 1.29 is 9.90 Å². The zero-order valence-corrected chi connectivity index (χ0v) is 11.3. The number of aliphatic hydroxyl groups is 1. The molecule has 20 heavy (non-hydrogen) atoms. The Labute approximate surface area is 119 Å². The molecule has 0 aliphatic rings. The van der Waals surface area contributed by atoms with E-state index in [2.05, 4.69) is 0 Å². The van der Waals surface area contributed by atoms with Gasteiger partial charge in [-0.2, -0.15) is 0 Å². The smallest absolute Gasteiger partial charge is 0.182 e. The summed E-state index contributed by atoms with van der Waals surface area (Å²) in [5.41, 5.74) is 7.53. The van der Waals surface area contributed by atoms with Gasteiger partial charge in [0.2, 0.25) is 0 Å². The number of carbonyl (C=O) groups is 1. The number of Topliss-reactive ketones (excluding diaryl/α,β-unsaturated/α-hetero) is 1. The number of hydrogen-bond acceptors (Lipinski definition) is 3. The highest BCUT2D eigenvalue weighted by atomic mass is 16.3. The van der Waals surface area contributed by atoms with E-state index in [0.717, 1.165) is 5.56 Å². The SMILES string of the molecule is NC(C(=O)c1ccccc1)C(O)CCc1ccccc1. The first kappa shape index (κ1) is 14.4. The third-order valence-electron chi connectivity index (χ3n) is 3.35. The van der Waals surface area contributed by atoms with Crippen LogP contribution in [0.4, 0.5) is 0 Å². The van der Waals surface area contributed by atoms with E-state index in [9.17, 15) is 9.90 Å². The second kappa shape index (κ2) is 6.98. The van der Waals surface area contributed by atoms with Gasteiger partial charge >= 0.3 is 0 Å². The van der Waals surface area contributed by atoms with Crippen LogP contribution in [0, 0.1) is 0 Å². The van der Waals surface area contributed by atoms with E-state index in [0.29, 0.717) is 18.4 Å². The average molecular weight is 269 g/mol. The maximum Gasteiger partial charge on any atom is 0.182 e. The summed E-state index contributed by atoms with van der Waals surface area (Å²) < 4.78 is 0. The molecule has 0 radical (unpaired) electrons. The summed E-state index contributed by atoms with van der Waals surface area (Å²) in [6.45, 7) is 0. The standard InChI is InChI=1S/C17H19NO2/c18-16(17(20)14-9-5-2-6-10-14)15(19)12-11-13-7-3-1-4-8-13/h1-10,15-16,19H,11-12,18H2. The van der Waals surface area contributed by atoms with E-state index in [1.54, 1.807) is 24.3 Å². The summed E-state index contributed by atoms with van der Waals surface area (Å²) >= 11 is 0. The fourth-order valence-electron chi connectivity index (χ4n) is 2.11. The second-order valence-electron chi connectivity index (χ2n) is 4.85. The van der Waals surface area contributed by atoms with Gasteiger partial charge in [0.1, 0.15) is 0 Å². The predicted molar refractivity (Wildman–Crippen MR) is 79.5 cm³/mol. The Morgan fingerprint density at radius 2 is 1.55 bits per heavy atom. The number of benzene rings is 2. The van der Waals surface area contributed by atoms with Crippen molar-refractivity contribution in [3.05, 3.63) is 71.8 Å². The molecule has 0 saturated carbocycles. The van der Waals surface area contributed by atoms with Gasteiger partial charge < -0.3 is 10.8 Å². The Kier molecular flexibility index (Phi) is 5.04. The average Bonchev–Trinajstić information content (AvgIpc) is 2.53. The largest absolute Gasteiger partial charge is 0.391 e. The minimum Gasteiger partial charge on any atom is -0.391 e. The van der Waals surface area contributed by atoms with E-state index in [1.807, 2.05) is 36.4 Å². The third-order valence-corrected chi connectivity index (χ3v) is 3.35. The number of hydrogen-bond donors (Lipinski definition) is 2. The Bertz CT molecular complexity index is 539. The van der Waals surface area contributed by atoms with Crippen LogP contribution in [0.25, 0.3) is 0 Å². The topological polar surface area (TPSA) is 63.3 Å². The number of nitrogens with two attached hydrogens (primary N) is 1. The first-order valence-electron chi connectivity index (χ1n) is 6.75. The summed E-state index contributed by atoms with van der Waals surface area (Å²) in [7, 11) is 0. The Morgan fingerprint density at radius 1 is 1.00 bits per heavy atom. The molecule has 2 unspecified atom stereocenters. The van der Waals surface area contributed by atoms with E-state index < -0.39 is 12.1 Å². The van der Waals surface area contributed by atoms with Crippen molar-refractivity contribution in [1.82, 2.24) is 0 Å². The molecule has 0 spiro atoms. The van der Waals surface area contributed by atoms with Gasteiger partial charge in [0.25, 0.3) is 0 Å². The molecule has 104 valence electrons. The van der Waals surface area contributed by atoms with Gasteiger partial charge in [0, 0.05) is 5.56 Å². The summed E-state index contributed by atoms with van der Waals surface area (Å²) in [4.78, 5) is 12.1. The third kappa shape index (κ3) is 3.76. The highest BCUT2D eigenvalue weighted by Crippen LogP contribution is 2.10. The fourth-order valence-corrected chi connectivity index (χ4v) is 2.11. The van der Waals surface area contributed by atoms with Crippen LogP contribution in [0.5, 0.6) is 0 Å². The quantitative estimate of drug-likeness (QED) is 0.790. The maximum absolute atomic E-state index is 12.1. The Balaban J connectivity index is 1.92. The zero-order chi connectivity index (χ0) is 14.4. The van der Waals surface area contributed by atoms with Crippen LogP contribution < -0.4 is 5.73 Å². The van der Waals surface area contributed by atoms with Gasteiger partial charge in [-0.05, 0) is 18.4 Å². The van der Waals surface area contributed by atoms with Crippen LogP contribution in [0.2, 0.25) is 0 Å². The van der Waals surface area contributed by atoms with Crippen LogP contribution in [-0.2, 0) is 6.42 Å². The molecular weight excluding hydrogens is 250 g/mol. The Hall–Kier alpha value is -1.97. The zero-order valence-electron chi connectivity index (χ0n) is 11.3. The van der Waals surface area contributed by atoms with Crippen molar-refractivity contribution in [2.24, 2.45) is 5.73 Å². The van der Waals surface area contributed by atoms with Crippen molar-refractivity contribution in [3.8, 4) is 0 Å². The first-order chi connectivity index (χ1) is 9.68. The van der Waals surface area contributed by atoms with Crippen LogP contribution in [0.1, 0.15) is 22.3 Å². The normalized spacial score (nSPS) is 13.7. The second-order valence-corrected chi connectivity index (χ2v) is 4.85. The number of aliphatic hydroxyl groups excluding tert-OH is 1. The van der Waals surface area contributed by atoms with Gasteiger partial charge in [0.05, 0.1) is 12.1 Å². The van der Waals surface area contributed by atoms with Gasteiger partial charge in [-0.1, -0.05) is 60.7 Å². The molecule has 0 saturated heterocycles. The summed E-state index contributed by atoms with van der Waals surface area (Å²) in [5, 5.41) is 10.1. The Morgan fingerprint density at radius 3 is 2.15 bits per heavy atom. The van der Waals surface area contributed by atoms with Crippen LogP contribution in [-0.4, -0.2) is 23.0 Å². The lowest BCUT2D eigenvalue weighted by Crippen LogP contribution is -2.42. The fraction of sp³-hybridized carbons (Fsp3) is 0.235. The van der Waals surface area contributed by atoms with Crippen molar-refractivity contribution in [2.75, 3.05) is 0 Å². The van der Waals surface area contributed by atoms with E-state index in [-0.39, 0.29) is 5.78 Å². The summed E-state index contributed by atoms with van der Waals surface area (Å²) in [6.07, 6.45) is 0.351.